The second-order valence-corrected chi connectivity index (χ2v) is 4.36. The van der Waals surface area contributed by atoms with E-state index in [1.807, 2.05) is 31.4 Å². The van der Waals surface area contributed by atoms with E-state index in [-0.39, 0.29) is 17.9 Å². The minimum absolute atomic E-state index is 0.0217. The second-order valence-electron chi connectivity index (χ2n) is 3.38. The van der Waals surface area contributed by atoms with Crippen molar-refractivity contribution >= 4 is 17.2 Å². The molecule has 0 radical (unpaired) electrons. The summed E-state index contributed by atoms with van der Waals surface area (Å²) in [5.74, 6) is -0.0918. The largest absolute Gasteiger partial charge is 0.348 e. The Morgan fingerprint density at radius 1 is 1.64 bits per heavy atom. The maximum atomic E-state index is 11.5. The third-order valence-corrected chi connectivity index (χ3v) is 3.18. The SMILES string of the molecule is CC(CN)C(=O)N[C@@H](C)c1cccs1. The molecule has 0 fully saturated rings. The van der Waals surface area contributed by atoms with E-state index >= 15 is 0 Å². The molecule has 3 nitrogen and oxygen atoms in total. The van der Waals surface area contributed by atoms with Gasteiger partial charge in [-0.05, 0) is 18.4 Å². The molecule has 0 bridgehead atoms. The average Bonchev–Trinajstić information content (AvgIpc) is 2.69. The molecular formula is C10H16N2OS. The summed E-state index contributed by atoms with van der Waals surface area (Å²) in [5.41, 5.74) is 5.41. The summed E-state index contributed by atoms with van der Waals surface area (Å²) in [7, 11) is 0. The van der Waals surface area contributed by atoms with Crippen LogP contribution in [0.25, 0.3) is 0 Å². The molecule has 78 valence electrons. The molecule has 0 saturated heterocycles. The molecule has 4 heteroatoms. The van der Waals surface area contributed by atoms with Crippen LogP contribution in [-0.4, -0.2) is 12.5 Å². The number of amides is 1. The molecule has 0 aromatic carbocycles. The highest BCUT2D eigenvalue weighted by molar-refractivity contribution is 7.10. The Hall–Kier alpha value is -0.870. The Labute approximate surface area is 88.3 Å². The van der Waals surface area contributed by atoms with Crippen molar-refractivity contribution in [3.63, 3.8) is 0 Å². The molecule has 14 heavy (non-hydrogen) atoms. The summed E-state index contributed by atoms with van der Waals surface area (Å²) in [6.07, 6.45) is 0. The first-order chi connectivity index (χ1) is 6.65. The Bertz CT molecular complexity index is 284. The summed E-state index contributed by atoms with van der Waals surface area (Å²) in [5, 5.41) is 4.93. The van der Waals surface area contributed by atoms with Crippen LogP contribution in [0.1, 0.15) is 24.8 Å². The quantitative estimate of drug-likeness (QED) is 0.795. The van der Waals surface area contributed by atoms with Crippen LogP contribution in [0.5, 0.6) is 0 Å². The molecular weight excluding hydrogens is 196 g/mol. The van der Waals surface area contributed by atoms with Crippen LogP contribution in [0, 0.1) is 5.92 Å². The van der Waals surface area contributed by atoms with Crippen molar-refractivity contribution in [3.05, 3.63) is 22.4 Å². The van der Waals surface area contributed by atoms with Crippen LogP contribution >= 0.6 is 11.3 Å². The van der Waals surface area contributed by atoms with E-state index in [4.69, 9.17) is 5.73 Å². The van der Waals surface area contributed by atoms with Crippen molar-refractivity contribution in [1.82, 2.24) is 5.32 Å². The van der Waals surface area contributed by atoms with Gasteiger partial charge in [0.25, 0.3) is 0 Å². The lowest BCUT2D eigenvalue weighted by Crippen LogP contribution is -2.34. The maximum absolute atomic E-state index is 11.5. The van der Waals surface area contributed by atoms with Crippen LogP contribution in [0.3, 0.4) is 0 Å². The Kier molecular flexibility index (Phi) is 4.10. The van der Waals surface area contributed by atoms with Crippen LogP contribution < -0.4 is 11.1 Å². The Morgan fingerprint density at radius 3 is 2.86 bits per heavy atom. The predicted molar refractivity (Wildman–Crippen MR) is 59.1 cm³/mol. The van der Waals surface area contributed by atoms with Gasteiger partial charge in [0.05, 0.1) is 6.04 Å². The van der Waals surface area contributed by atoms with Gasteiger partial charge in [-0.3, -0.25) is 4.79 Å². The monoisotopic (exact) mass is 212 g/mol. The van der Waals surface area contributed by atoms with Crippen molar-refractivity contribution in [3.8, 4) is 0 Å². The van der Waals surface area contributed by atoms with Gasteiger partial charge in [-0.2, -0.15) is 0 Å². The highest BCUT2D eigenvalue weighted by Gasteiger charge is 2.14. The number of hydrogen-bond donors (Lipinski definition) is 2. The molecule has 0 spiro atoms. The highest BCUT2D eigenvalue weighted by atomic mass is 32.1. The van der Waals surface area contributed by atoms with E-state index < -0.39 is 0 Å². The summed E-state index contributed by atoms with van der Waals surface area (Å²) in [4.78, 5) is 12.7. The predicted octanol–water partition coefficient (Wildman–Crippen LogP) is 1.52. The van der Waals surface area contributed by atoms with Crippen LogP contribution in [0.2, 0.25) is 0 Å². The maximum Gasteiger partial charge on any atom is 0.224 e. The lowest BCUT2D eigenvalue weighted by atomic mass is 10.1. The third kappa shape index (κ3) is 2.82. The van der Waals surface area contributed by atoms with Gasteiger partial charge in [0.2, 0.25) is 5.91 Å². The van der Waals surface area contributed by atoms with E-state index in [1.54, 1.807) is 11.3 Å². The lowest BCUT2D eigenvalue weighted by Gasteiger charge is -2.15. The van der Waals surface area contributed by atoms with Crippen LogP contribution in [-0.2, 0) is 4.79 Å². The number of nitrogens with two attached hydrogens (primary N) is 1. The molecule has 1 aromatic heterocycles. The fourth-order valence-electron chi connectivity index (χ4n) is 1.07. The molecule has 0 aliphatic heterocycles. The molecule has 3 N–H and O–H groups in total. The van der Waals surface area contributed by atoms with Crippen molar-refractivity contribution < 1.29 is 4.79 Å². The van der Waals surface area contributed by atoms with E-state index in [9.17, 15) is 4.79 Å². The number of carbonyl (C=O) groups is 1. The van der Waals surface area contributed by atoms with Gasteiger partial charge in [0.1, 0.15) is 0 Å². The van der Waals surface area contributed by atoms with E-state index in [0.717, 1.165) is 0 Å². The molecule has 1 aromatic rings. The smallest absolute Gasteiger partial charge is 0.224 e. The van der Waals surface area contributed by atoms with Gasteiger partial charge in [-0.25, -0.2) is 0 Å². The second kappa shape index (κ2) is 5.12. The zero-order valence-corrected chi connectivity index (χ0v) is 9.30. The van der Waals surface area contributed by atoms with Gasteiger partial charge >= 0.3 is 0 Å². The summed E-state index contributed by atoms with van der Waals surface area (Å²) >= 11 is 1.65. The first-order valence-corrected chi connectivity index (χ1v) is 5.57. The zero-order chi connectivity index (χ0) is 10.6. The summed E-state index contributed by atoms with van der Waals surface area (Å²) < 4.78 is 0. The Balaban J connectivity index is 2.49. The molecule has 1 heterocycles. The number of nitrogens with one attached hydrogen (secondary N) is 1. The molecule has 1 rings (SSSR count). The number of rotatable bonds is 4. The fraction of sp³-hybridized carbons (Fsp3) is 0.500. The lowest BCUT2D eigenvalue weighted by molar-refractivity contribution is -0.124. The first-order valence-electron chi connectivity index (χ1n) is 4.69. The summed E-state index contributed by atoms with van der Waals surface area (Å²) in [6, 6.07) is 4.08. The Morgan fingerprint density at radius 2 is 2.36 bits per heavy atom. The van der Waals surface area contributed by atoms with Gasteiger partial charge in [0.15, 0.2) is 0 Å². The van der Waals surface area contributed by atoms with E-state index in [2.05, 4.69) is 5.32 Å². The van der Waals surface area contributed by atoms with Gasteiger partial charge in [0, 0.05) is 17.3 Å². The van der Waals surface area contributed by atoms with Gasteiger partial charge < -0.3 is 11.1 Å². The highest BCUT2D eigenvalue weighted by Crippen LogP contribution is 2.18. The standard InChI is InChI=1S/C10H16N2OS/c1-7(6-11)10(13)12-8(2)9-4-3-5-14-9/h3-5,7-8H,6,11H2,1-2H3,(H,12,13)/t7?,8-/m0/s1. The van der Waals surface area contributed by atoms with Gasteiger partial charge in [-0.1, -0.05) is 13.0 Å². The van der Waals surface area contributed by atoms with Crippen molar-refractivity contribution in [2.75, 3.05) is 6.54 Å². The number of hydrogen-bond acceptors (Lipinski definition) is 3. The molecule has 1 unspecified atom stereocenters. The zero-order valence-electron chi connectivity index (χ0n) is 8.49. The normalized spacial score (nSPS) is 14.8. The molecule has 0 aliphatic carbocycles. The number of thiophene rings is 1. The minimum atomic E-state index is -0.114. The van der Waals surface area contributed by atoms with Gasteiger partial charge in [-0.15, -0.1) is 11.3 Å². The summed E-state index contributed by atoms with van der Waals surface area (Å²) in [6.45, 7) is 4.20. The number of carbonyl (C=O) groups excluding carboxylic acids is 1. The topological polar surface area (TPSA) is 55.1 Å². The molecule has 2 atom stereocenters. The van der Waals surface area contributed by atoms with E-state index in [1.165, 1.54) is 4.88 Å². The molecule has 0 saturated carbocycles. The van der Waals surface area contributed by atoms with Crippen LogP contribution in [0.15, 0.2) is 17.5 Å². The average molecular weight is 212 g/mol. The van der Waals surface area contributed by atoms with Crippen molar-refractivity contribution in [2.45, 2.75) is 19.9 Å². The van der Waals surface area contributed by atoms with Crippen molar-refractivity contribution in [1.29, 1.82) is 0 Å². The molecule has 1 amide bonds. The van der Waals surface area contributed by atoms with E-state index in [0.29, 0.717) is 6.54 Å². The molecule has 0 aliphatic rings. The van der Waals surface area contributed by atoms with Crippen LogP contribution in [0.4, 0.5) is 0 Å². The minimum Gasteiger partial charge on any atom is -0.348 e. The third-order valence-electron chi connectivity index (χ3n) is 2.13. The first kappa shape index (κ1) is 11.2. The van der Waals surface area contributed by atoms with Crippen molar-refractivity contribution in [2.24, 2.45) is 11.7 Å². The fourth-order valence-corrected chi connectivity index (χ4v) is 1.81.